The Labute approximate surface area is 196 Å². The van der Waals surface area contributed by atoms with E-state index in [4.69, 9.17) is 21.1 Å². The van der Waals surface area contributed by atoms with E-state index in [1.54, 1.807) is 26.0 Å². The van der Waals surface area contributed by atoms with Crippen molar-refractivity contribution in [2.75, 3.05) is 24.7 Å². The molecule has 0 radical (unpaired) electrons. The van der Waals surface area contributed by atoms with Gasteiger partial charge in [0, 0.05) is 17.5 Å². The van der Waals surface area contributed by atoms with Crippen LogP contribution in [0.1, 0.15) is 45.3 Å². The Morgan fingerprint density at radius 2 is 1.78 bits per heavy atom. The summed E-state index contributed by atoms with van der Waals surface area (Å²) in [6.07, 6.45) is 0.586. The fourth-order valence-electron chi connectivity index (χ4n) is 2.99. The van der Waals surface area contributed by atoms with Crippen LogP contribution in [0.2, 0.25) is 5.02 Å². The number of esters is 1. The van der Waals surface area contributed by atoms with E-state index in [1.165, 1.54) is 16.2 Å². The fourth-order valence-corrected chi connectivity index (χ4v) is 4.09. The summed E-state index contributed by atoms with van der Waals surface area (Å²) in [7, 11) is 0. The molecule has 0 spiro atoms. The van der Waals surface area contributed by atoms with Crippen molar-refractivity contribution in [3.63, 3.8) is 0 Å². The Balaban J connectivity index is 1.97. The molecule has 7 nitrogen and oxygen atoms in total. The third-order valence-electron chi connectivity index (χ3n) is 4.51. The molecule has 0 saturated heterocycles. The number of aryl methyl sites for hydroxylation is 1. The molecule has 0 fully saturated rings. The largest absolute Gasteiger partial charge is 0.478 e. The molecule has 3 aromatic rings. The highest BCUT2D eigenvalue weighted by molar-refractivity contribution is 7.16. The second-order valence-corrected chi connectivity index (χ2v) is 8.32. The van der Waals surface area contributed by atoms with Gasteiger partial charge in [0.05, 0.1) is 18.2 Å². The van der Waals surface area contributed by atoms with E-state index < -0.39 is 11.9 Å². The van der Waals surface area contributed by atoms with Gasteiger partial charge >= 0.3 is 5.97 Å². The minimum atomic E-state index is -0.516. The molecule has 9 heteroatoms. The first-order chi connectivity index (χ1) is 15.4. The number of thiazole rings is 1. The Morgan fingerprint density at radius 1 is 1.03 bits per heavy atom. The number of carbonyl (C=O) groups excluding carboxylic acids is 2. The normalized spacial score (nSPS) is 10.6. The van der Waals surface area contributed by atoms with E-state index in [-0.39, 0.29) is 23.0 Å². The van der Waals surface area contributed by atoms with Gasteiger partial charge in [0.25, 0.3) is 5.91 Å². The minimum Gasteiger partial charge on any atom is -0.478 e. The molecule has 3 rings (SSSR count). The number of rotatable bonds is 9. The standard InChI is InChI=1S/C23H24ClN3O4S/c1-4-30-18-12-11-17(24)20(25-18)21(28)27(14-13-16-9-7-6-8-10-16)23-26-19(15(3)32-23)22(29)31-5-2/h6-12H,4-5,13-14H2,1-3H3. The lowest BCUT2D eigenvalue weighted by Gasteiger charge is -2.20. The first-order valence-corrected chi connectivity index (χ1v) is 11.4. The summed E-state index contributed by atoms with van der Waals surface area (Å²) in [5, 5.41) is 0.591. The van der Waals surface area contributed by atoms with Gasteiger partial charge in [-0.3, -0.25) is 9.69 Å². The van der Waals surface area contributed by atoms with Gasteiger partial charge in [-0.05, 0) is 38.8 Å². The molecule has 0 aliphatic heterocycles. The third kappa shape index (κ3) is 5.63. The smallest absolute Gasteiger partial charge is 0.358 e. The number of pyridine rings is 1. The highest BCUT2D eigenvalue weighted by Crippen LogP contribution is 2.29. The summed E-state index contributed by atoms with van der Waals surface area (Å²) in [5.41, 5.74) is 1.33. The number of amides is 1. The summed E-state index contributed by atoms with van der Waals surface area (Å²) < 4.78 is 10.5. The zero-order chi connectivity index (χ0) is 23.1. The van der Waals surface area contributed by atoms with Crippen LogP contribution in [-0.2, 0) is 11.2 Å². The molecule has 0 atom stereocenters. The van der Waals surface area contributed by atoms with Crippen LogP contribution in [0.3, 0.4) is 0 Å². The molecular weight excluding hydrogens is 450 g/mol. The van der Waals surface area contributed by atoms with E-state index in [0.717, 1.165) is 5.56 Å². The Bertz CT molecular complexity index is 1090. The van der Waals surface area contributed by atoms with Crippen molar-refractivity contribution in [2.24, 2.45) is 0 Å². The predicted octanol–water partition coefficient (Wildman–Crippen LogP) is 4.96. The number of ether oxygens (including phenoxy) is 2. The molecule has 1 aromatic carbocycles. The van der Waals surface area contributed by atoms with Crippen LogP contribution in [-0.4, -0.2) is 41.6 Å². The molecule has 0 aliphatic carbocycles. The van der Waals surface area contributed by atoms with Crippen molar-refractivity contribution in [1.29, 1.82) is 0 Å². The SMILES string of the molecule is CCOC(=O)c1nc(N(CCc2ccccc2)C(=O)c2nc(OCC)ccc2Cl)sc1C. The van der Waals surface area contributed by atoms with Crippen molar-refractivity contribution in [3.05, 3.63) is 69.3 Å². The van der Waals surface area contributed by atoms with Gasteiger partial charge in [-0.15, -0.1) is 11.3 Å². The monoisotopic (exact) mass is 473 g/mol. The van der Waals surface area contributed by atoms with E-state index in [0.29, 0.717) is 35.5 Å². The third-order valence-corrected chi connectivity index (χ3v) is 5.81. The van der Waals surface area contributed by atoms with Gasteiger partial charge in [0.15, 0.2) is 16.5 Å². The minimum absolute atomic E-state index is 0.0659. The lowest BCUT2D eigenvalue weighted by molar-refractivity contribution is 0.0519. The Kier molecular flexibility index (Phi) is 8.19. The Hall–Kier alpha value is -2.97. The lowest BCUT2D eigenvalue weighted by Crippen LogP contribution is -2.34. The molecule has 0 aliphatic rings. The number of benzene rings is 1. The highest BCUT2D eigenvalue weighted by Gasteiger charge is 2.27. The maximum Gasteiger partial charge on any atom is 0.358 e. The van der Waals surface area contributed by atoms with Crippen LogP contribution in [0.5, 0.6) is 5.88 Å². The number of halogens is 1. The molecule has 168 valence electrons. The maximum atomic E-state index is 13.5. The number of aromatic nitrogens is 2. The van der Waals surface area contributed by atoms with E-state index in [9.17, 15) is 9.59 Å². The molecule has 32 heavy (non-hydrogen) atoms. The molecule has 0 unspecified atom stereocenters. The molecular formula is C23H24ClN3O4S. The average Bonchev–Trinajstić information content (AvgIpc) is 3.17. The zero-order valence-corrected chi connectivity index (χ0v) is 19.7. The van der Waals surface area contributed by atoms with Crippen LogP contribution in [0.25, 0.3) is 0 Å². The number of hydrogen-bond acceptors (Lipinski definition) is 7. The van der Waals surface area contributed by atoms with Crippen LogP contribution < -0.4 is 9.64 Å². The molecule has 0 N–H and O–H groups in total. The summed E-state index contributed by atoms with van der Waals surface area (Å²) in [5.74, 6) is -0.625. The van der Waals surface area contributed by atoms with Gasteiger partial charge < -0.3 is 9.47 Å². The molecule has 0 bridgehead atoms. The summed E-state index contributed by atoms with van der Waals surface area (Å²) in [6, 6.07) is 13.0. The van der Waals surface area contributed by atoms with Gasteiger partial charge in [-0.25, -0.2) is 14.8 Å². The van der Waals surface area contributed by atoms with E-state index in [2.05, 4.69) is 9.97 Å². The van der Waals surface area contributed by atoms with Crippen molar-refractivity contribution in [1.82, 2.24) is 9.97 Å². The van der Waals surface area contributed by atoms with Gasteiger partial charge in [-0.2, -0.15) is 0 Å². The lowest BCUT2D eigenvalue weighted by atomic mass is 10.1. The number of nitrogens with zero attached hydrogens (tertiary/aromatic N) is 3. The topological polar surface area (TPSA) is 81.6 Å². The van der Waals surface area contributed by atoms with Crippen LogP contribution in [0.4, 0.5) is 5.13 Å². The van der Waals surface area contributed by atoms with Crippen molar-refractivity contribution < 1.29 is 19.1 Å². The van der Waals surface area contributed by atoms with Crippen molar-refractivity contribution in [3.8, 4) is 5.88 Å². The predicted molar refractivity (Wildman–Crippen MR) is 125 cm³/mol. The van der Waals surface area contributed by atoms with Gasteiger partial charge in [0.1, 0.15) is 0 Å². The summed E-state index contributed by atoms with van der Waals surface area (Å²) in [4.78, 5) is 36.7. The summed E-state index contributed by atoms with van der Waals surface area (Å²) >= 11 is 7.56. The Morgan fingerprint density at radius 3 is 2.47 bits per heavy atom. The molecule has 0 saturated carbocycles. The van der Waals surface area contributed by atoms with E-state index >= 15 is 0 Å². The van der Waals surface area contributed by atoms with Gasteiger partial charge in [0.2, 0.25) is 5.88 Å². The van der Waals surface area contributed by atoms with Gasteiger partial charge in [-0.1, -0.05) is 41.9 Å². The number of hydrogen-bond donors (Lipinski definition) is 0. The highest BCUT2D eigenvalue weighted by atomic mass is 35.5. The van der Waals surface area contributed by atoms with Crippen molar-refractivity contribution in [2.45, 2.75) is 27.2 Å². The molecule has 1 amide bonds. The second kappa shape index (κ2) is 11.1. The van der Waals surface area contributed by atoms with Crippen molar-refractivity contribution >= 4 is 39.9 Å². The second-order valence-electron chi connectivity index (χ2n) is 6.73. The quantitative estimate of drug-likeness (QED) is 0.408. The van der Waals surface area contributed by atoms with E-state index in [1.807, 2.05) is 37.3 Å². The zero-order valence-electron chi connectivity index (χ0n) is 18.1. The number of carbonyl (C=O) groups is 2. The maximum absolute atomic E-state index is 13.5. The van der Waals surface area contributed by atoms with Crippen LogP contribution in [0, 0.1) is 6.92 Å². The molecule has 2 aromatic heterocycles. The first-order valence-electron chi connectivity index (χ1n) is 10.2. The first kappa shape index (κ1) is 23.7. The summed E-state index contributed by atoms with van der Waals surface area (Å²) in [6.45, 7) is 6.32. The van der Waals surface area contributed by atoms with Crippen LogP contribution in [0.15, 0.2) is 42.5 Å². The average molecular weight is 474 g/mol. The molecule has 2 heterocycles. The fraction of sp³-hybridized carbons (Fsp3) is 0.304. The number of anilines is 1. The van der Waals surface area contributed by atoms with Crippen LogP contribution >= 0.6 is 22.9 Å².